The van der Waals surface area contributed by atoms with Crippen molar-refractivity contribution in [1.29, 1.82) is 0 Å². The third kappa shape index (κ3) is 7.87. The Morgan fingerprint density at radius 2 is 2.10 bits per heavy atom. The highest BCUT2D eigenvalue weighted by molar-refractivity contribution is 5.85. The summed E-state index contributed by atoms with van der Waals surface area (Å²) in [6, 6.07) is 6.29. The fraction of sp³-hybridized carbons (Fsp3) is 0.524. The number of piperidine rings is 1. The average molecular weight is 460 g/mol. The molecule has 2 aromatic rings. The zero-order valence-corrected chi connectivity index (χ0v) is 18.9. The molecule has 1 fully saturated rings. The molecule has 30 heavy (non-hydrogen) atoms. The lowest BCUT2D eigenvalue weighted by Gasteiger charge is -2.34. The molecule has 3 N–H and O–H groups in total. The summed E-state index contributed by atoms with van der Waals surface area (Å²) in [4.78, 5) is 23.7. The highest BCUT2D eigenvalue weighted by Gasteiger charge is 2.24. The predicted molar refractivity (Wildman–Crippen MR) is 122 cm³/mol. The van der Waals surface area contributed by atoms with Gasteiger partial charge in [0.25, 0.3) is 0 Å². The highest BCUT2D eigenvalue weighted by Crippen LogP contribution is 2.19. The zero-order chi connectivity index (χ0) is 19.9. The number of nitrogens with two attached hydrogens (primary N) is 1. The van der Waals surface area contributed by atoms with Crippen LogP contribution in [-0.4, -0.2) is 64.9 Å². The molecule has 1 saturated heterocycles. The van der Waals surface area contributed by atoms with E-state index in [9.17, 15) is 9.18 Å². The number of benzene rings is 1. The van der Waals surface area contributed by atoms with E-state index in [1.54, 1.807) is 29.6 Å². The first-order valence-corrected chi connectivity index (χ1v) is 9.96. The molecule has 1 aromatic carbocycles. The minimum Gasteiger partial charge on any atom is -0.348 e. The summed E-state index contributed by atoms with van der Waals surface area (Å²) in [6.07, 6.45) is 6.77. The van der Waals surface area contributed by atoms with Gasteiger partial charge in [-0.3, -0.25) is 4.79 Å². The SMILES string of the molecule is CN(CC1CCN(CCc2cccc(F)c2)CC1)C(=O)[C@@H](N)Cc1cnc[nH]1.Cl.Cl. The molecule has 168 valence electrons. The first-order chi connectivity index (χ1) is 13.5. The largest absolute Gasteiger partial charge is 0.348 e. The van der Waals surface area contributed by atoms with Crippen LogP contribution in [0.25, 0.3) is 0 Å². The van der Waals surface area contributed by atoms with Crippen LogP contribution in [0.2, 0.25) is 0 Å². The summed E-state index contributed by atoms with van der Waals surface area (Å²) >= 11 is 0. The van der Waals surface area contributed by atoms with Crippen LogP contribution >= 0.6 is 24.8 Å². The van der Waals surface area contributed by atoms with Gasteiger partial charge in [-0.2, -0.15) is 0 Å². The fourth-order valence-electron chi connectivity index (χ4n) is 3.85. The van der Waals surface area contributed by atoms with Gasteiger partial charge in [-0.25, -0.2) is 9.37 Å². The van der Waals surface area contributed by atoms with Crippen LogP contribution < -0.4 is 5.73 Å². The van der Waals surface area contributed by atoms with Crippen molar-refractivity contribution in [2.45, 2.75) is 31.7 Å². The number of imidazole rings is 1. The van der Waals surface area contributed by atoms with Gasteiger partial charge in [0.15, 0.2) is 0 Å². The number of carbonyl (C=O) groups excluding carboxylic acids is 1. The number of nitrogens with one attached hydrogen (secondary N) is 1. The Hall–Kier alpha value is -1.67. The molecular formula is C21H32Cl2FN5O. The van der Waals surface area contributed by atoms with Gasteiger partial charge in [0.2, 0.25) is 5.91 Å². The molecular weight excluding hydrogens is 428 g/mol. The Morgan fingerprint density at radius 1 is 1.37 bits per heavy atom. The normalized spacial score (nSPS) is 15.7. The van der Waals surface area contributed by atoms with Crippen LogP contribution in [0.4, 0.5) is 4.39 Å². The monoisotopic (exact) mass is 459 g/mol. The van der Waals surface area contributed by atoms with Crippen molar-refractivity contribution in [2.75, 3.05) is 33.2 Å². The van der Waals surface area contributed by atoms with E-state index in [-0.39, 0.29) is 36.5 Å². The van der Waals surface area contributed by atoms with Crippen LogP contribution in [0.1, 0.15) is 24.1 Å². The second kappa shape index (κ2) is 12.9. The summed E-state index contributed by atoms with van der Waals surface area (Å²) < 4.78 is 13.3. The molecule has 0 spiro atoms. The third-order valence-electron chi connectivity index (χ3n) is 5.53. The van der Waals surface area contributed by atoms with Crippen LogP contribution in [0.5, 0.6) is 0 Å². The standard InChI is InChI=1S/C21H30FN5O.2ClH/c1-26(21(28)20(23)12-19-13-24-15-25-19)14-17-6-9-27(10-7-17)8-5-16-3-2-4-18(22)11-16;;/h2-4,11,13,15,17,20H,5-10,12,14,23H2,1H3,(H,24,25);2*1H/t20-;;/m0../s1. The number of hydrogen-bond donors (Lipinski definition) is 2. The molecule has 0 radical (unpaired) electrons. The van der Waals surface area contributed by atoms with Gasteiger partial charge in [0, 0.05) is 38.4 Å². The Bertz CT molecular complexity index is 754. The number of likely N-dealkylation sites (N-methyl/N-ethyl adjacent to an activating group) is 1. The molecule has 1 aromatic heterocycles. The second-order valence-corrected chi connectivity index (χ2v) is 7.77. The van der Waals surface area contributed by atoms with E-state index in [0.717, 1.165) is 56.7 Å². The first kappa shape index (κ1) is 26.4. The second-order valence-electron chi connectivity index (χ2n) is 7.77. The molecule has 0 saturated carbocycles. The number of hydrogen-bond acceptors (Lipinski definition) is 4. The smallest absolute Gasteiger partial charge is 0.239 e. The lowest BCUT2D eigenvalue weighted by molar-refractivity contribution is -0.132. The number of amides is 1. The summed E-state index contributed by atoms with van der Waals surface area (Å²) in [5, 5.41) is 0. The molecule has 3 rings (SSSR count). The van der Waals surface area contributed by atoms with Crippen molar-refractivity contribution in [3.8, 4) is 0 Å². The summed E-state index contributed by atoms with van der Waals surface area (Å²) in [5.41, 5.74) is 7.98. The van der Waals surface area contributed by atoms with Crippen LogP contribution in [-0.2, 0) is 17.6 Å². The van der Waals surface area contributed by atoms with Crippen molar-refractivity contribution in [3.63, 3.8) is 0 Å². The number of rotatable bonds is 8. The number of H-pyrrole nitrogens is 1. The minimum atomic E-state index is -0.545. The Kier molecular flexibility index (Phi) is 11.3. The van der Waals surface area contributed by atoms with E-state index >= 15 is 0 Å². The maximum Gasteiger partial charge on any atom is 0.239 e. The lowest BCUT2D eigenvalue weighted by Crippen LogP contribution is -2.46. The number of halogens is 3. The average Bonchev–Trinajstić information content (AvgIpc) is 3.20. The molecule has 0 aliphatic carbocycles. The summed E-state index contributed by atoms with van der Waals surface area (Å²) in [7, 11) is 1.84. The van der Waals surface area contributed by atoms with E-state index in [2.05, 4.69) is 14.9 Å². The summed E-state index contributed by atoms with van der Waals surface area (Å²) in [6.45, 7) is 3.72. The summed E-state index contributed by atoms with van der Waals surface area (Å²) in [5.74, 6) is 0.302. The van der Waals surface area contributed by atoms with Gasteiger partial charge < -0.3 is 20.5 Å². The number of aromatic amines is 1. The topological polar surface area (TPSA) is 78.2 Å². The van der Waals surface area contributed by atoms with Gasteiger partial charge in [0.1, 0.15) is 5.82 Å². The molecule has 0 bridgehead atoms. The number of likely N-dealkylation sites (tertiary alicyclic amines) is 1. The molecule has 6 nitrogen and oxygen atoms in total. The van der Waals surface area contributed by atoms with Crippen molar-refractivity contribution in [3.05, 3.63) is 53.9 Å². The first-order valence-electron chi connectivity index (χ1n) is 9.96. The van der Waals surface area contributed by atoms with Gasteiger partial charge in [-0.15, -0.1) is 24.8 Å². The minimum absolute atomic E-state index is 0. The van der Waals surface area contributed by atoms with Crippen molar-refractivity contribution in [2.24, 2.45) is 11.7 Å². The van der Waals surface area contributed by atoms with Crippen molar-refractivity contribution in [1.82, 2.24) is 19.8 Å². The quantitative estimate of drug-likeness (QED) is 0.635. The molecule has 9 heteroatoms. The van der Waals surface area contributed by atoms with E-state index < -0.39 is 6.04 Å². The molecule has 1 atom stereocenters. The van der Waals surface area contributed by atoms with Gasteiger partial charge >= 0.3 is 0 Å². The number of aromatic nitrogens is 2. The van der Waals surface area contributed by atoms with Crippen LogP contribution in [0.15, 0.2) is 36.8 Å². The Balaban J connectivity index is 0.00000225. The van der Waals surface area contributed by atoms with Crippen LogP contribution in [0, 0.1) is 11.7 Å². The van der Waals surface area contributed by atoms with Gasteiger partial charge in [-0.05, 0) is 56.0 Å². The number of nitrogens with zero attached hydrogens (tertiary/aromatic N) is 3. The fourth-order valence-corrected chi connectivity index (χ4v) is 3.85. The van der Waals surface area contributed by atoms with E-state index in [0.29, 0.717) is 12.3 Å². The maximum absolute atomic E-state index is 13.3. The molecule has 1 amide bonds. The molecule has 2 heterocycles. The van der Waals surface area contributed by atoms with Gasteiger partial charge in [-0.1, -0.05) is 12.1 Å². The predicted octanol–water partition coefficient (Wildman–Crippen LogP) is 2.68. The molecule has 0 unspecified atom stereocenters. The Labute approximate surface area is 190 Å². The van der Waals surface area contributed by atoms with Gasteiger partial charge in [0.05, 0.1) is 12.4 Å². The Morgan fingerprint density at radius 3 is 2.73 bits per heavy atom. The van der Waals surface area contributed by atoms with E-state index in [1.807, 2.05) is 13.1 Å². The van der Waals surface area contributed by atoms with E-state index in [1.165, 1.54) is 6.07 Å². The van der Waals surface area contributed by atoms with E-state index in [4.69, 9.17) is 5.73 Å². The third-order valence-corrected chi connectivity index (χ3v) is 5.53. The zero-order valence-electron chi connectivity index (χ0n) is 17.3. The van der Waals surface area contributed by atoms with Crippen LogP contribution in [0.3, 0.4) is 0 Å². The van der Waals surface area contributed by atoms with Crippen molar-refractivity contribution >= 4 is 30.7 Å². The highest BCUT2D eigenvalue weighted by atomic mass is 35.5. The lowest BCUT2D eigenvalue weighted by atomic mass is 9.95. The molecule has 1 aliphatic heterocycles. The maximum atomic E-state index is 13.3. The van der Waals surface area contributed by atoms with Crippen molar-refractivity contribution < 1.29 is 9.18 Å². The molecule has 1 aliphatic rings. The number of carbonyl (C=O) groups is 1.